The van der Waals surface area contributed by atoms with Crippen molar-refractivity contribution in [3.05, 3.63) is 65.7 Å². The highest BCUT2D eigenvalue weighted by Crippen LogP contribution is 2.32. The average Bonchev–Trinajstić information content (AvgIpc) is 2.59. The molecule has 0 aliphatic rings. The largest absolute Gasteiger partial charge is 0.490 e. The summed E-state index contributed by atoms with van der Waals surface area (Å²) in [4.78, 5) is 11.0. The van der Waals surface area contributed by atoms with Gasteiger partial charge in [0.25, 0.3) is 0 Å². The van der Waals surface area contributed by atoms with E-state index in [9.17, 15) is 4.79 Å². The first kappa shape index (κ1) is 18.3. The Labute approximate surface area is 148 Å². The molecule has 0 amide bonds. The molecule has 2 rings (SSSR count). The fourth-order valence-corrected chi connectivity index (χ4v) is 2.68. The molecule has 0 saturated heterocycles. The maximum atomic E-state index is 11.0. The number of alkyl halides is 1. The summed E-state index contributed by atoms with van der Waals surface area (Å²) < 4.78 is 10.7. The molecule has 0 aliphatic heterocycles. The minimum atomic E-state index is -0.440. The molecule has 0 bridgehead atoms. The van der Waals surface area contributed by atoms with E-state index >= 15 is 0 Å². The highest BCUT2D eigenvalue weighted by atomic mass is 35.5. The Kier molecular flexibility index (Phi) is 6.27. The third kappa shape index (κ3) is 4.75. The van der Waals surface area contributed by atoms with Crippen molar-refractivity contribution in [2.45, 2.75) is 32.3 Å². The predicted molar refractivity (Wildman–Crippen MR) is 96.8 cm³/mol. The molecule has 4 heteroatoms. The topological polar surface area (TPSA) is 35.5 Å². The molecule has 24 heavy (non-hydrogen) atoms. The monoisotopic (exact) mass is 346 g/mol. The number of esters is 1. The Morgan fingerprint density at radius 1 is 1.04 bits per heavy atom. The van der Waals surface area contributed by atoms with Crippen molar-refractivity contribution < 1.29 is 14.3 Å². The van der Waals surface area contributed by atoms with E-state index in [2.05, 4.69) is 50.2 Å². The van der Waals surface area contributed by atoms with Crippen molar-refractivity contribution in [3.8, 4) is 5.75 Å². The first-order valence-corrected chi connectivity index (χ1v) is 8.49. The molecule has 0 N–H and O–H groups in total. The van der Waals surface area contributed by atoms with Gasteiger partial charge in [-0.05, 0) is 23.3 Å². The number of benzene rings is 2. The lowest BCUT2D eigenvalue weighted by atomic mass is 9.78. The van der Waals surface area contributed by atoms with Crippen LogP contribution in [-0.2, 0) is 14.9 Å². The van der Waals surface area contributed by atoms with Gasteiger partial charge in [-0.15, -0.1) is 11.6 Å². The van der Waals surface area contributed by atoms with Crippen LogP contribution in [0.4, 0.5) is 0 Å². The van der Waals surface area contributed by atoms with Crippen LogP contribution in [0.2, 0.25) is 0 Å². The molecular weight excluding hydrogens is 324 g/mol. The first-order valence-electron chi connectivity index (χ1n) is 7.95. The van der Waals surface area contributed by atoms with E-state index < -0.39 is 6.10 Å². The standard InChI is InChI=1S/C20H23ClO3/c1-15(22)24-19(13-21)14-23-18-11-9-17(10-12-18)20(2,3)16-7-5-4-6-8-16/h4-12,19H,13-14H2,1-3H3/t19-/m1/s1. The second-order valence-corrected chi connectivity index (χ2v) is 6.52. The van der Waals surface area contributed by atoms with Crippen LogP contribution in [0.25, 0.3) is 0 Å². The van der Waals surface area contributed by atoms with Crippen molar-refractivity contribution in [2.24, 2.45) is 0 Å². The Morgan fingerprint density at radius 2 is 1.62 bits per heavy atom. The maximum Gasteiger partial charge on any atom is 0.303 e. The summed E-state index contributed by atoms with van der Waals surface area (Å²) in [6.07, 6.45) is -0.440. The third-order valence-corrected chi connectivity index (χ3v) is 4.36. The summed E-state index contributed by atoms with van der Waals surface area (Å²) in [5.41, 5.74) is 2.38. The van der Waals surface area contributed by atoms with Crippen molar-refractivity contribution in [1.29, 1.82) is 0 Å². The SMILES string of the molecule is CC(=O)O[C@H](CCl)COc1ccc(C(C)(C)c2ccccc2)cc1. The van der Waals surface area contributed by atoms with Crippen LogP contribution in [0.1, 0.15) is 31.9 Å². The minimum Gasteiger partial charge on any atom is -0.490 e. The third-order valence-electron chi connectivity index (χ3n) is 4.01. The summed E-state index contributed by atoms with van der Waals surface area (Å²) in [7, 11) is 0. The molecule has 3 nitrogen and oxygen atoms in total. The lowest BCUT2D eigenvalue weighted by Crippen LogP contribution is -2.25. The summed E-state index contributed by atoms with van der Waals surface area (Å²) in [5.74, 6) is 0.577. The Bertz CT molecular complexity index is 650. The van der Waals surface area contributed by atoms with Crippen molar-refractivity contribution >= 4 is 17.6 Å². The first-order chi connectivity index (χ1) is 11.4. The molecule has 0 spiro atoms. The summed E-state index contributed by atoms with van der Waals surface area (Å²) in [6.45, 7) is 6.00. The van der Waals surface area contributed by atoms with Crippen LogP contribution in [-0.4, -0.2) is 24.6 Å². The van der Waals surface area contributed by atoms with Gasteiger partial charge in [-0.2, -0.15) is 0 Å². The summed E-state index contributed by atoms with van der Waals surface area (Å²) in [5, 5.41) is 0. The molecular formula is C20H23ClO3. The molecule has 0 unspecified atom stereocenters. The van der Waals surface area contributed by atoms with E-state index in [1.807, 2.05) is 18.2 Å². The van der Waals surface area contributed by atoms with Gasteiger partial charge in [0.1, 0.15) is 18.5 Å². The van der Waals surface area contributed by atoms with Crippen LogP contribution in [0.5, 0.6) is 5.75 Å². The molecule has 0 aromatic heterocycles. The van der Waals surface area contributed by atoms with Gasteiger partial charge in [0.15, 0.2) is 0 Å². The number of hydrogen-bond donors (Lipinski definition) is 0. The zero-order valence-corrected chi connectivity index (χ0v) is 15.0. The molecule has 2 aromatic rings. The van der Waals surface area contributed by atoms with Gasteiger partial charge >= 0.3 is 5.97 Å². The highest BCUT2D eigenvalue weighted by molar-refractivity contribution is 6.18. The summed E-state index contributed by atoms with van der Waals surface area (Å²) >= 11 is 5.77. The lowest BCUT2D eigenvalue weighted by Gasteiger charge is -2.26. The molecule has 0 radical (unpaired) electrons. The van der Waals surface area contributed by atoms with Crippen LogP contribution >= 0.6 is 11.6 Å². The number of ether oxygens (including phenoxy) is 2. The molecule has 0 heterocycles. The molecule has 0 fully saturated rings. The van der Waals surface area contributed by atoms with E-state index in [1.54, 1.807) is 0 Å². The number of halogens is 1. The highest BCUT2D eigenvalue weighted by Gasteiger charge is 2.22. The quantitative estimate of drug-likeness (QED) is 0.544. The zero-order valence-electron chi connectivity index (χ0n) is 14.3. The Morgan fingerprint density at radius 3 is 2.17 bits per heavy atom. The van der Waals surface area contributed by atoms with E-state index in [0.717, 1.165) is 5.75 Å². The number of carbonyl (C=O) groups excluding carboxylic acids is 1. The van der Waals surface area contributed by atoms with Gasteiger partial charge in [-0.3, -0.25) is 4.79 Å². The van der Waals surface area contributed by atoms with Gasteiger partial charge in [0, 0.05) is 12.3 Å². The molecule has 128 valence electrons. The van der Waals surface area contributed by atoms with Gasteiger partial charge in [0.2, 0.25) is 0 Å². The van der Waals surface area contributed by atoms with Crippen LogP contribution in [0.3, 0.4) is 0 Å². The second kappa shape index (κ2) is 8.20. The Hall–Kier alpha value is -2.00. The molecule has 0 saturated carbocycles. The van der Waals surface area contributed by atoms with E-state index in [-0.39, 0.29) is 23.9 Å². The number of hydrogen-bond acceptors (Lipinski definition) is 3. The van der Waals surface area contributed by atoms with Gasteiger partial charge in [0.05, 0.1) is 5.88 Å². The van der Waals surface area contributed by atoms with Crippen LogP contribution in [0, 0.1) is 0 Å². The van der Waals surface area contributed by atoms with Crippen molar-refractivity contribution in [3.63, 3.8) is 0 Å². The number of carbonyl (C=O) groups is 1. The van der Waals surface area contributed by atoms with Crippen LogP contribution < -0.4 is 4.74 Å². The van der Waals surface area contributed by atoms with Gasteiger partial charge in [-0.25, -0.2) is 0 Å². The summed E-state index contributed by atoms with van der Waals surface area (Å²) in [6, 6.07) is 18.4. The van der Waals surface area contributed by atoms with Crippen LogP contribution in [0.15, 0.2) is 54.6 Å². The Balaban J connectivity index is 2.04. The van der Waals surface area contributed by atoms with E-state index in [0.29, 0.717) is 0 Å². The lowest BCUT2D eigenvalue weighted by molar-refractivity contribution is -0.146. The smallest absolute Gasteiger partial charge is 0.303 e. The van der Waals surface area contributed by atoms with Gasteiger partial charge < -0.3 is 9.47 Å². The zero-order chi connectivity index (χ0) is 17.6. The van der Waals surface area contributed by atoms with Crippen molar-refractivity contribution in [1.82, 2.24) is 0 Å². The average molecular weight is 347 g/mol. The molecule has 1 atom stereocenters. The van der Waals surface area contributed by atoms with E-state index in [1.165, 1.54) is 18.1 Å². The fraction of sp³-hybridized carbons (Fsp3) is 0.350. The normalized spacial score (nSPS) is 12.5. The van der Waals surface area contributed by atoms with E-state index in [4.69, 9.17) is 21.1 Å². The number of rotatable bonds is 7. The minimum absolute atomic E-state index is 0.0871. The van der Waals surface area contributed by atoms with Gasteiger partial charge in [-0.1, -0.05) is 56.3 Å². The fourth-order valence-electron chi connectivity index (χ4n) is 2.52. The second-order valence-electron chi connectivity index (χ2n) is 6.21. The molecule has 2 aromatic carbocycles. The van der Waals surface area contributed by atoms with Crippen molar-refractivity contribution in [2.75, 3.05) is 12.5 Å². The maximum absolute atomic E-state index is 11.0. The predicted octanol–water partition coefficient (Wildman–Crippen LogP) is 4.56. The molecule has 0 aliphatic carbocycles.